The van der Waals surface area contributed by atoms with Gasteiger partial charge in [-0.1, -0.05) is 39.0 Å². The van der Waals surface area contributed by atoms with Gasteiger partial charge in [-0.15, -0.1) is 0 Å². The molecule has 0 unspecified atom stereocenters. The Morgan fingerprint density at radius 1 is 1.10 bits per heavy atom. The Morgan fingerprint density at radius 2 is 1.81 bits per heavy atom. The normalized spacial score (nSPS) is 17.6. The molecule has 1 aromatic carbocycles. The number of likely N-dealkylation sites (N-methyl/N-ethyl adjacent to an activating group) is 1. The summed E-state index contributed by atoms with van der Waals surface area (Å²) in [7, 11) is 2.22. The van der Waals surface area contributed by atoms with Gasteiger partial charge in [0, 0.05) is 26.2 Å². The van der Waals surface area contributed by atoms with Crippen LogP contribution in [0, 0.1) is 0 Å². The lowest BCUT2D eigenvalue weighted by atomic mass is 9.93. The van der Waals surface area contributed by atoms with E-state index in [4.69, 9.17) is 0 Å². The molecule has 0 N–H and O–H groups in total. The summed E-state index contributed by atoms with van der Waals surface area (Å²) in [4.78, 5) is 5.04. The van der Waals surface area contributed by atoms with Gasteiger partial charge in [-0.05, 0) is 55.5 Å². The lowest BCUT2D eigenvalue weighted by molar-refractivity contribution is 0.153. The Bertz CT molecular complexity index is 431. The second-order valence-corrected chi connectivity index (χ2v) is 6.79. The molecule has 1 aliphatic heterocycles. The van der Waals surface area contributed by atoms with E-state index < -0.39 is 0 Å². The topological polar surface area (TPSA) is 6.48 Å². The molecule has 1 aliphatic rings. The predicted molar refractivity (Wildman–Crippen MR) is 92.2 cm³/mol. The van der Waals surface area contributed by atoms with Gasteiger partial charge in [-0.3, -0.25) is 0 Å². The summed E-state index contributed by atoms with van der Waals surface area (Å²) < 4.78 is 0. The smallest absolute Gasteiger partial charge is 0.0110 e. The highest BCUT2D eigenvalue weighted by Crippen LogP contribution is 2.22. The number of hydrogen-bond donors (Lipinski definition) is 0. The SMILES string of the molecule is CCc1cc(CCCN2CCN(C)CC2)ccc1C(C)C. The quantitative estimate of drug-likeness (QED) is 0.790. The highest BCUT2D eigenvalue weighted by molar-refractivity contribution is 5.34. The van der Waals surface area contributed by atoms with Gasteiger partial charge in [0.1, 0.15) is 0 Å². The lowest BCUT2D eigenvalue weighted by Gasteiger charge is -2.32. The van der Waals surface area contributed by atoms with Gasteiger partial charge < -0.3 is 9.80 Å². The Balaban J connectivity index is 1.83. The molecule has 0 aliphatic carbocycles. The van der Waals surface area contributed by atoms with Crippen molar-refractivity contribution in [2.24, 2.45) is 0 Å². The number of rotatable bonds is 6. The van der Waals surface area contributed by atoms with Crippen LogP contribution in [0.2, 0.25) is 0 Å². The van der Waals surface area contributed by atoms with Crippen LogP contribution in [0.4, 0.5) is 0 Å². The standard InChI is InChI=1S/C19H32N2/c1-5-18-15-17(8-9-19(18)16(2)3)7-6-10-21-13-11-20(4)12-14-21/h8-9,15-16H,5-7,10-14H2,1-4H3. The first kappa shape index (κ1) is 16.5. The molecule has 1 saturated heterocycles. The fraction of sp³-hybridized carbons (Fsp3) is 0.684. The van der Waals surface area contributed by atoms with Gasteiger partial charge in [0.05, 0.1) is 0 Å². The zero-order valence-electron chi connectivity index (χ0n) is 14.4. The van der Waals surface area contributed by atoms with Crippen molar-refractivity contribution < 1.29 is 0 Å². The van der Waals surface area contributed by atoms with Gasteiger partial charge in [-0.25, -0.2) is 0 Å². The van der Waals surface area contributed by atoms with Crippen molar-refractivity contribution in [3.05, 3.63) is 34.9 Å². The van der Waals surface area contributed by atoms with Crippen LogP contribution in [0.25, 0.3) is 0 Å². The fourth-order valence-corrected chi connectivity index (χ4v) is 3.26. The first-order chi connectivity index (χ1) is 10.1. The molecular formula is C19H32N2. The largest absolute Gasteiger partial charge is 0.304 e. The van der Waals surface area contributed by atoms with Crippen LogP contribution in [0.1, 0.15) is 49.8 Å². The first-order valence-corrected chi connectivity index (χ1v) is 8.62. The van der Waals surface area contributed by atoms with E-state index in [1.165, 1.54) is 56.7 Å². The number of aryl methyl sites for hydroxylation is 2. The van der Waals surface area contributed by atoms with Crippen LogP contribution in [0.3, 0.4) is 0 Å². The van der Waals surface area contributed by atoms with Crippen molar-refractivity contribution >= 4 is 0 Å². The van der Waals surface area contributed by atoms with E-state index in [1.54, 1.807) is 5.56 Å². The average Bonchev–Trinajstić information content (AvgIpc) is 2.49. The molecule has 0 bridgehead atoms. The summed E-state index contributed by atoms with van der Waals surface area (Å²) in [5.74, 6) is 0.638. The van der Waals surface area contributed by atoms with Crippen molar-refractivity contribution in [2.75, 3.05) is 39.8 Å². The van der Waals surface area contributed by atoms with Crippen LogP contribution in [-0.4, -0.2) is 49.6 Å². The monoisotopic (exact) mass is 288 g/mol. The zero-order chi connectivity index (χ0) is 15.2. The van der Waals surface area contributed by atoms with E-state index in [1.807, 2.05) is 0 Å². The Kier molecular flexibility index (Phi) is 6.25. The maximum absolute atomic E-state index is 2.61. The third kappa shape index (κ3) is 4.82. The van der Waals surface area contributed by atoms with E-state index in [-0.39, 0.29) is 0 Å². The summed E-state index contributed by atoms with van der Waals surface area (Å²) in [5, 5.41) is 0. The molecule has 0 atom stereocenters. The molecule has 2 rings (SSSR count). The summed E-state index contributed by atoms with van der Waals surface area (Å²) in [5.41, 5.74) is 4.59. The van der Waals surface area contributed by atoms with Crippen LogP contribution in [0.5, 0.6) is 0 Å². The van der Waals surface area contributed by atoms with Crippen molar-refractivity contribution in [1.82, 2.24) is 9.80 Å². The predicted octanol–water partition coefficient (Wildman–Crippen LogP) is 3.55. The highest BCUT2D eigenvalue weighted by Gasteiger charge is 2.13. The molecular weight excluding hydrogens is 256 g/mol. The number of hydrogen-bond acceptors (Lipinski definition) is 2. The van der Waals surface area contributed by atoms with Crippen LogP contribution >= 0.6 is 0 Å². The molecule has 2 heteroatoms. The van der Waals surface area contributed by atoms with Crippen molar-refractivity contribution in [3.8, 4) is 0 Å². The second kappa shape index (κ2) is 7.95. The van der Waals surface area contributed by atoms with Crippen molar-refractivity contribution in [2.45, 2.75) is 46.0 Å². The third-order valence-corrected chi connectivity index (χ3v) is 4.75. The minimum Gasteiger partial charge on any atom is -0.304 e. The van der Waals surface area contributed by atoms with Crippen LogP contribution in [-0.2, 0) is 12.8 Å². The van der Waals surface area contributed by atoms with E-state index >= 15 is 0 Å². The Hall–Kier alpha value is -0.860. The second-order valence-electron chi connectivity index (χ2n) is 6.79. The molecule has 21 heavy (non-hydrogen) atoms. The average molecular weight is 288 g/mol. The fourth-order valence-electron chi connectivity index (χ4n) is 3.26. The van der Waals surface area contributed by atoms with Gasteiger partial charge in [-0.2, -0.15) is 0 Å². The van der Waals surface area contributed by atoms with E-state index in [9.17, 15) is 0 Å². The molecule has 0 amide bonds. The van der Waals surface area contributed by atoms with Gasteiger partial charge in [0.25, 0.3) is 0 Å². The Labute approximate surface area is 131 Å². The molecule has 1 aromatic rings. The summed E-state index contributed by atoms with van der Waals surface area (Å²) >= 11 is 0. The molecule has 0 radical (unpaired) electrons. The molecule has 0 spiro atoms. The summed E-state index contributed by atoms with van der Waals surface area (Å²) in [6.45, 7) is 13.0. The Morgan fingerprint density at radius 3 is 2.43 bits per heavy atom. The van der Waals surface area contributed by atoms with E-state index in [2.05, 4.69) is 55.8 Å². The summed E-state index contributed by atoms with van der Waals surface area (Å²) in [6, 6.07) is 7.15. The summed E-state index contributed by atoms with van der Waals surface area (Å²) in [6.07, 6.45) is 3.66. The van der Waals surface area contributed by atoms with Gasteiger partial charge >= 0.3 is 0 Å². The van der Waals surface area contributed by atoms with E-state index in [0.29, 0.717) is 5.92 Å². The molecule has 0 aromatic heterocycles. The van der Waals surface area contributed by atoms with Crippen molar-refractivity contribution in [1.29, 1.82) is 0 Å². The van der Waals surface area contributed by atoms with E-state index in [0.717, 1.165) is 6.42 Å². The molecule has 1 fully saturated rings. The van der Waals surface area contributed by atoms with Crippen molar-refractivity contribution in [3.63, 3.8) is 0 Å². The molecule has 0 saturated carbocycles. The lowest BCUT2D eigenvalue weighted by Crippen LogP contribution is -2.44. The van der Waals surface area contributed by atoms with Crippen LogP contribution < -0.4 is 0 Å². The number of piperazine rings is 1. The molecule has 2 nitrogen and oxygen atoms in total. The molecule has 118 valence electrons. The minimum absolute atomic E-state index is 0.638. The zero-order valence-corrected chi connectivity index (χ0v) is 14.4. The maximum Gasteiger partial charge on any atom is 0.0110 e. The number of nitrogens with zero attached hydrogens (tertiary/aromatic N) is 2. The minimum atomic E-state index is 0.638. The van der Waals surface area contributed by atoms with Crippen LogP contribution in [0.15, 0.2) is 18.2 Å². The van der Waals surface area contributed by atoms with Gasteiger partial charge in [0.15, 0.2) is 0 Å². The number of benzene rings is 1. The van der Waals surface area contributed by atoms with Gasteiger partial charge in [0.2, 0.25) is 0 Å². The third-order valence-electron chi connectivity index (χ3n) is 4.75. The maximum atomic E-state index is 2.61. The highest BCUT2D eigenvalue weighted by atomic mass is 15.2. The molecule has 1 heterocycles. The first-order valence-electron chi connectivity index (χ1n) is 8.62.